The van der Waals surface area contributed by atoms with Crippen molar-refractivity contribution in [3.8, 4) is 0 Å². The van der Waals surface area contributed by atoms with Crippen LogP contribution in [0, 0.1) is 0 Å². The summed E-state index contributed by atoms with van der Waals surface area (Å²) in [5, 5.41) is 8.47. The Morgan fingerprint density at radius 1 is 1.60 bits per heavy atom. The van der Waals surface area contributed by atoms with E-state index in [1.165, 1.54) is 12.3 Å². The Balaban J connectivity index is 3.41. The van der Waals surface area contributed by atoms with E-state index in [1.54, 1.807) is 12.1 Å². The Hall–Kier alpha value is -1.08. The van der Waals surface area contributed by atoms with Gasteiger partial charge in [0, 0.05) is 16.4 Å². The summed E-state index contributed by atoms with van der Waals surface area (Å²) >= 11 is 3.16. The topological polar surface area (TPSA) is 92.8 Å². The fraction of sp³-hybridized carbons (Fsp3) is 0.125. The maximum Gasteiger partial charge on any atom is 0.439 e. The first-order valence-corrected chi connectivity index (χ1v) is 6.54. The van der Waals surface area contributed by atoms with Crippen LogP contribution in [-0.4, -0.2) is 21.7 Å². The number of carboxylic acid groups (broad SMARTS) is 1. The van der Waals surface area contributed by atoms with E-state index in [0.717, 1.165) is 0 Å². The van der Waals surface area contributed by atoms with Crippen LogP contribution in [0.5, 0.6) is 0 Å². The molecule has 1 rings (SSSR count). The normalized spacial score (nSPS) is 14.3. The number of anilines is 1. The third-order valence-electron chi connectivity index (χ3n) is 1.62. The minimum Gasteiger partial charge on any atom is -0.463 e. The van der Waals surface area contributed by atoms with E-state index in [9.17, 15) is 9.00 Å². The number of amides is 1. The lowest BCUT2D eigenvalue weighted by atomic mass is 10.3. The third kappa shape index (κ3) is 2.93. The lowest BCUT2D eigenvalue weighted by Crippen LogP contribution is -2.02. The molecule has 0 saturated heterocycles. The molecule has 1 amide bonds. The van der Waals surface area contributed by atoms with Crippen molar-refractivity contribution in [3.63, 3.8) is 0 Å². The van der Waals surface area contributed by atoms with E-state index in [0.29, 0.717) is 15.1 Å². The number of nitrogen functional groups attached to an aromatic ring is 1. The van der Waals surface area contributed by atoms with Crippen LogP contribution >= 0.6 is 15.9 Å². The van der Waals surface area contributed by atoms with Crippen molar-refractivity contribution in [3.05, 3.63) is 22.7 Å². The van der Waals surface area contributed by atoms with Crippen LogP contribution in [0.3, 0.4) is 0 Å². The molecule has 0 aliphatic heterocycles. The zero-order valence-corrected chi connectivity index (χ0v) is 10.2. The predicted octanol–water partition coefficient (Wildman–Crippen LogP) is 2.17. The summed E-state index contributed by atoms with van der Waals surface area (Å²) in [5.41, 5.74) is 6.00. The van der Waals surface area contributed by atoms with Gasteiger partial charge in [0.05, 0.1) is 14.6 Å². The summed E-state index contributed by atoms with van der Waals surface area (Å²) in [6.07, 6.45) is -0.191. The molecule has 0 spiro atoms. The fourth-order valence-corrected chi connectivity index (χ4v) is 3.46. The number of benzene rings is 1. The number of halogens is 1. The lowest BCUT2D eigenvalue weighted by molar-refractivity contribution is 0.206. The smallest absolute Gasteiger partial charge is 0.439 e. The molecule has 1 atom stereocenters. The Morgan fingerprint density at radius 3 is 2.67 bits per heavy atom. The van der Waals surface area contributed by atoms with E-state index < -0.39 is 15.8 Å². The zero-order chi connectivity index (χ0) is 11.6. The number of hydrogen-bond acceptors (Lipinski definition) is 3. The number of carbonyl (C=O) groups is 1. The average molecular weight is 293 g/mol. The molecule has 0 radical (unpaired) electrons. The molecule has 0 fully saturated rings. The molecule has 0 heterocycles. The van der Waals surface area contributed by atoms with E-state index in [2.05, 4.69) is 20.3 Å². The minimum atomic E-state index is -2.93. The number of rotatable bonds is 1. The van der Waals surface area contributed by atoms with Crippen molar-refractivity contribution >= 4 is 37.4 Å². The molecule has 3 N–H and O–H groups in total. The Morgan fingerprint density at radius 2 is 2.20 bits per heavy atom. The van der Waals surface area contributed by atoms with Crippen molar-refractivity contribution in [2.75, 3.05) is 12.0 Å². The lowest BCUT2D eigenvalue weighted by Gasteiger charge is -2.06. The second-order valence-corrected chi connectivity index (χ2v) is 5.95. The summed E-state index contributed by atoms with van der Waals surface area (Å²) in [7, 11) is -2.93. The van der Waals surface area contributed by atoms with Gasteiger partial charge in [-0.05, 0) is 34.1 Å². The van der Waals surface area contributed by atoms with Crippen LogP contribution in [0.1, 0.15) is 0 Å². The van der Waals surface area contributed by atoms with Crippen LogP contribution in [0.2, 0.25) is 0 Å². The van der Waals surface area contributed by atoms with Gasteiger partial charge in [0.2, 0.25) is 0 Å². The average Bonchev–Trinajstić information content (AvgIpc) is 1.99. The second-order valence-electron chi connectivity index (χ2n) is 2.87. The summed E-state index contributed by atoms with van der Waals surface area (Å²) in [5.74, 6) is 0. The quantitative estimate of drug-likeness (QED) is 0.776. The van der Waals surface area contributed by atoms with Gasteiger partial charge in [0.15, 0.2) is 0 Å². The third-order valence-corrected chi connectivity index (χ3v) is 4.21. The highest BCUT2D eigenvalue weighted by Gasteiger charge is 2.12. The zero-order valence-electron chi connectivity index (χ0n) is 7.81. The van der Waals surface area contributed by atoms with Crippen LogP contribution in [0.15, 0.2) is 31.9 Å². The van der Waals surface area contributed by atoms with Gasteiger partial charge in [-0.3, -0.25) is 0 Å². The van der Waals surface area contributed by atoms with Gasteiger partial charge in [0.25, 0.3) is 0 Å². The number of nitrogens with two attached hydrogens (primary N) is 1. The van der Waals surface area contributed by atoms with E-state index >= 15 is 0 Å². The van der Waals surface area contributed by atoms with Crippen LogP contribution in [0.4, 0.5) is 10.5 Å². The molecule has 15 heavy (non-hydrogen) atoms. The second kappa shape index (κ2) is 4.19. The van der Waals surface area contributed by atoms with Gasteiger partial charge in [-0.25, -0.2) is 9.00 Å². The van der Waals surface area contributed by atoms with Gasteiger partial charge in [-0.2, -0.15) is 0 Å². The number of hydrogen-bond donors (Lipinski definition) is 2. The van der Waals surface area contributed by atoms with Crippen LogP contribution in [0.25, 0.3) is 0 Å². The molecule has 7 heteroatoms. The molecular weight excluding hydrogens is 284 g/mol. The SMILES string of the molecule is CS(=O)(=NC(=O)O)c1ccc(N)cc1Br. The first-order valence-electron chi connectivity index (χ1n) is 3.83. The molecule has 0 aliphatic carbocycles. The van der Waals surface area contributed by atoms with Crippen molar-refractivity contribution < 1.29 is 14.1 Å². The molecule has 1 unspecified atom stereocenters. The van der Waals surface area contributed by atoms with Crippen molar-refractivity contribution in [2.45, 2.75) is 4.90 Å². The highest BCUT2D eigenvalue weighted by Crippen LogP contribution is 2.25. The van der Waals surface area contributed by atoms with E-state index in [4.69, 9.17) is 10.8 Å². The molecule has 0 bridgehead atoms. The molecule has 5 nitrogen and oxygen atoms in total. The van der Waals surface area contributed by atoms with Gasteiger partial charge in [0.1, 0.15) is 0 Å². The Bertz CT molecular complexity index is 521. The standard InChI is InChI=1S/C8H9BrN2O3S/c1-15(14,11-8(12)13)7-3-2-5(10)4-6(7)9/h2-4H,10H2,1H3,(H,12,13). The molecule has 1 aromatic rings. The van der Waals surface area contributed by atoms with Crippen LogP contribution in [-0.2, 0) is 9.73 Å². The molecular formula is C8H9BrN2O3S. The molecule has 0 saturated carbocycles. The van der Waals surface area contributed by atoms with E-state index in [-0.39, 0.29) is 0 Å². The van der Waals surface area contributed by atoms with Crippen molar-refractivity contribution in [1.82, 2.24) is 0 Å². The maximum absolute atomic E-state index is 11.9. The van der Waals surface area contributed by atoms with Crippen LogP contribution < -0.4 is 5.73 Å². The molecule has 0 aromatic heterocycles. The molecule has 1 aromatic carbocycles. The van der Waals surface area contributed by atoms with Gasteiger partial charge in [-0.15, -0.1) is 4.36 Å². The first-order chi connectivity index (χ1) is 6.83. The van der Waals surface area contributed by atoms with E-state index in [1.807, 2.05) is 0 Å². The van der Waals surface area contributed by atoms with Gasteiger partial charge < -0.3 is 10.8 Å². The summed E-state index contributed by atoms with van der Waals surface area (Å²) in [4.78, 5) is 10.7. The van der Waals surface area contributed by atoms with Crippen molar-refractivity contribution in [1.29, 1.82) is 0 Å². The Labute approximate surface area is 95.6 Å². The molecule has 82 valence electrons. The fourth-order valence-electron chi connectivity index (χ4n) is 1.02. The monoisotopic (exact) mass is 292 g/mol. The van der Waals surface area contributed by atoms with Crippen molar-refractivity contribution in [2.24, 2.45) is 4.36 Å². The summed E-state index contributed by atoms with van der Waals surface area (Å²) in [6, 6.07) is 4.59. The highest BCUT2D eigenvalue weighted by atomic mass is 79.9. The maximum atomic E-state index is 11.9. The highest BCUT2D eigenvalue weighted by molar-refractivity contribution is 9.10. The molecule has 0 aliphatic rings. The van der Waals surface area contributed by atoms with Gasteiger partial charge >= 0.3 is 6.09 Å². The first kappa shape index (κ1) is 12.0. The summed E-state index contributed by atoms with van der Waals surface area (Å²) in [6.45, 7) is 0. The van der Waals surface area contributed by atoms with Gasteiger partial charge in [-0.1, -0.05) is 0 Å². The predicted molar refractivity (Wildman–Crippen MR) is 61.3 cm³/mol. The Kier molecular flexibility index (Phi) is 3.35. The summed E-state index contributed by atoms with van der Waals surface area (Å²) < 4.78 is 15.5. The largest absolute Gasteiger partial charge is 0.463 e. The minimum absolute atomic E-state index is 0.319. The number of nitrogens with zero attached hydrogens (tertiary/aromatic N) is 1.